The first-order valence-corrected chi connectivity index (χ1v) is 10.9. The van der Waals surface area contributed by atoms with E-state index in [1.165, 1.54) is 12.1 Å². The van der Waals surface area contributed by atoms with Gasteiger partial charge in [-0.1, -0.05) is 17.7 Å². The van der Waals surface area contributed by atoms with Crippen LogP contribution in [0.1, 0.15) is 11.3 Å². The predicted molar refractivity (Wildman–Crippen MR) is 113 cm³/mol. The van der Waals surface area contributed by atoms with Gasteiger partial charge in [0.2, 0.25) is 0 Å². The summed E-state index contributed by atoms with van der Waals surface area (Å²) in [5.74, 6) is -0.189. The van der Waals surface area contributed by atoms with Gasteiger partial charge < -0.3 is 10.5 Å². The molecule has 2 heterocycles. The fraction of sp³-hybridized carbons (Fsp3) is 0.100. The second-order valence-electron chi connectivity index (χ2n) is 6.73. The van der Waals surface area contributed by atoms with Gasteiger partial charge >= 0.3 is 6.36 Å². The zero-order valence-corrected chi connectivity index (χ0v) is 17.6. The lowest BCUT2D eigenvalue weighted by Gasteiger charge is -2.12. The van der Waals surface area contributed by atoms with Crippen LogP contribution in [0.15, 0.2) is 64.5 Å². The largest absolute Gasteiger partial charge is 0.573 e. The normalized spacial score (nSPS) is 13.4. The summed E-state index contributed by atoms with van der Waals surface area (Å²) < 4.78 is 68.0. The molecule has 3 aromatic rings. The Labute approximate surface area is 185 Å². The number of aliphatic imine (C=N–C) groups is 1. The smallest absolute Gasteiger partial charge is 0.406 e. The minimum atomic E-state index is -4.87. The number of nitrogens with zero attached hydrogens (tertiary/aromatic N) is 2. The summed E-state index contributed by atoms with van der Waals surface area (Å²) in [5, 5.41) is 0.236. The van der Waals surface area contributed by atoms with Crippen molar-refractivity contribution in [1.29, 1.82) is 0 Å². The van der Waals surface area contributed by atoms with Crippen molar-refractivity contribution in [3.63, 3.8) is 0 Å². The van der Waals surface area contributed by atoms with Gasteiger partial charge in [-0.3, -0.25) is 9.71 Å². The summed E-state index contributed by atoms with van der Waals surface area (Å²) >= 11 is 6.35. The van der Waals surface area contributed by atoms with E-state index in [9.17, 15) is 21.6 Å². The van der Waals surface area contributed by atoms with Crippen LogP contribution in [0, 0.1) is 0 Å². The summed E-state index contributed by atoms with van der Waals surface area (Å²) in [4.78, 5) is 8.36. The number of amidine groups is 1. The molecule has 0 radical (unpaired) electrons. The Kier molecular flexibility index (Phi) is 5.47. The molecule has 3 N–H and O–H groups in total. The third-order valence-electron chi connectivity index (χ3n) is 4.51. The van der Waals surface area contributed by atoms with Crippen molar-refractivity contribution in [3.8, 4) is 17.0 Å². The van der Waals surface area contributed by atoms with E-state index in [1.807, 2.05) is 6.07 Å². The molecular formula is C20H14ClF3N4O3S. The molecule has 0 spiro atoms. The van der Waals surface area contributed by atoms with Crippen molar-refractivity contribution in [2.45, 2.75) is 17.8 Å². The Morgan fingerprint density at radius 2 is 1.78 bits per heavy atom. The molecule has 1 aliphatic heterocycles. The van der Waals surface area contributed by atoms with Gasteiger partial charge in [0.1, 0.15) is 17.3 Å². The molecule has 0 atom stereocenters. The highest BCUT2D eigenvalue weighted by atomic mass is 35.5. The first kappa shape index (κ1) is 21.9. The topological polar surface area (TPSA) is 107 Å². The molecule has 2 aromatic carbocycles. The maximum atomic E-state index is 12.6. The molecule has 0 saturated carbocycles. The molecule has 0 fully saturated rings. The molecule has 12 heteroatoms. The molecule has 0 unspecified atom stereocenters. The summed E-state index contributed by atoms with van der Waals surface area (Å²) in [6, 6.07) is 11.9. The molecule has 0 aliphatic carbocycles. The number of nitrogens with two attached hydrogens (primary N) is 1. The molecular weight excluding hydrogens is 469 g/mol. The van der Waals surface area contributed by atoms with Gasteiger partial charge in [-0.05, 0) is 48.5 Å². The Hall–Kier alpha value is -3.31. The van der Waals surface area contributed by atoms with Crippen molar-refractivity contribution in [2.75, 3.05) is 4.72 Å². The first-order valence-electron chi connectivity index (χ1n) is 9.01. The minimum absolute atomic E-state index is 0.164. The second kappa shape index (κ2) is 7.99. The highest BCUT2D eigenvalue weighted by Crippen LogP contribution is 2.32. The molecule has 1 aliphatic rings. The highest BCUT2D eigenvalue weighted by molar-refractivity contribution is 7.92. The van der Waals surface area contributed by atoms with Gasteiger partial charge in [0, 0.05) is 11.1 Å². The van der Waals surface area contributed by atoms with Crippen LogP contribution in [0.25, 0.3) is 11.3 Å². The van der Waals surface area contributed by atoms with E-state index in [-0.39, 0.29) is 15.6 Å². The number of pyridine rings is 1. The summed E-state index contributed by atoms with van der Waals surface area (Å²) in [7, 11) is -4.08. The van der Waals surface area contributed by atoms with Crippen LogP contribution in [-0.4, -0.2) is 25.6 Å². The Morgan fingerprint density at radius 1 is 1.06 bits per heavy atom. The number of hydrogen-bond donors (Lipinski definition) is 2. The van der Waals surface area contributed by atoms with E-state index in [2.05, 4.69) is 19.4 Å². The number of aromatic nitrogens is 1. The number of benzene rings is 2. The van der Waals surface area contributed by atoms with Crippen molar-refractivity contribution in [2.24, 2.45) is 10.7 Å². The van der Waals surface area contributed by atoms with E-state index >= 15 is 0 Å². The van der Waals surface area contributed by atoms with Gasteiger partial charge in [-0.2, -0.15) is 0 Å². The molecule has 166 valence electrons. The van der Waals surface area contributed by atoms with E-state index in [0.717, 1.165) is 29.8 Å². The quantitative estimate of drug-likeness (QED) is 0.563. The average Bonchev–Trinajstić information content (AvgIpc) is 3.07. The molecule has 4 rings (SSSR count). The number of hydrogen-bond acceptors (Lipinski definition) is 6. The third kappa shape index (κ3) is 4.63. The second-order valence-corrected chi connectivity index (χ2v) is 8.81. The molecule has 7 nitrogen and oxygen atoms in total. The van der Waals surface area contributed by atoms with Gasteiger partial charge in [0.25, 0.3) is 10.0 Å². The lowest BCUT2D eigenvalue weighted by molar-refractivity contribution is -0.274. The summed E-state index contributed by atoms with van der Waals surface area (Å²) in [6.07, 6.45) is -4.87. The predicted octanol–water partition coefficient (Wildman–Crippen LogP) is 4.32. The van der Waals surface area contributed by atoms with Crippen LogP contribution in [-0.2, 0) is 16.6 Å². The summed E-state index contributed by atoms with van der Waals surface area (Å²) in [6.45, 7) is 0.464. The first-order chi connectivity index (χ1) is 15.0. The number of halogens is 4. The van der Waals surface area contributed by atoms with Gasteiger partial charge in [-0.15, -0.1) is 13.2 Å². The zero-order valence-electron chi connectivity index (χ0n) is 16.0. The number of ether oxygens (including phenoxy) is 1. The van der Waals surface area contributed by atoms with Crippen molar-refractivity contribution in [1.82, 2.24) is 4.98 Å². The van der Waals surface area contributed by atoms with Crippen molar-refractivity contribution < 1.29 is 26.3 Å². The fourth-order valence-corrected chi connectivity index (χ4v) is 4.38. The van der Waals surface area contributed by atoms with E-state index < -0.39 is 22.1 Å². The number of rotatable bonds is 5. The van der Waals surface area contributed by atoms with Crippen LogP contribution in [0.2, 0.25) is 5.02 Å². The van der Waals surface area contributed by atoms with E-state index in [1.54, 1.807) is 12.1 Å². The number of nitrogens with one attached hydrogen (secondary N) is 1. The Morgan fingerprint density at radius 3 is 2.44 bits per heavy atom. The standard InChI is InChI=1S/C20H14ClF3N4O3S/c21-16-9-12(2-7-15(16)17-8-1-11-10-26-19(25)18(11)27-17)28-32(29,30)14-5-3-13(4-6-14)31-20(22,23)24/h1-9,28H,10H2,(H2,25,26). The zero-order chi connectivity index (χ0) is 23.1. The molecule has 32 heavy (non-hydrogen) atoms. The van der Waals surface area contributed by atoms with Crippen molar-refractivity contribution in [3.05, 3.63) is 70.9 Å². The van der Waals surface area contributed by atoms with Gasteiger partial charge in [-0.25, -0.2) is 13.4 Å². The average molecular weight is 483 g/mol. The monoisotopic (exact) mass is 482 g/mol. The number of sulfonamides is 1. The highest BCUT2D eigenvalue weighted by Gasteiger charge is 2.31. The van der Waals surface area contributed by atoms with E-state index in [4.69, 9.17) is 17.3 Å². The fourth-order valence-electron chi connectivity index (χ4n) is 3.05. The lowest BCUT2D eigenvalue weighted by Crippen LogP contribution is -2.17. The third-order valence-corrected chi connectivity index (χ3v) is 6.22. The molecule has 0 amide bonds. The summed E-state index contributed by atoms with van der Waals surface area (Å²) in [5.41, 5.74) is 8.59. The molecule has 0 bridgehead atoms. The van der Waals surface area contributed by atoms with Gasteiger partial charge in [0.15, 0.2) is 0 Å². The maximum absolute atomic E-state index is 12.6. The minimum Gasteiger partial charge on any atom is -0.406 e. The van der Waals surface area contributed by atoms with Crippen LogP contribution in [0.5, 0.6) is 5.75 Å². The lowest BCUT2D eigenvalue weighted by atomic mass is 10.1. The van der Waals surface area contributed by atoms with Gasteiger partial charge in [0.05, 0.1) is 27.8 Å². The van der Waals surface area contributed by atoms with Crippen molar-refractivity contribution >= 4 is 33.1 Å². The van der Waals surface area contributed by atoms with E-state index in [0.29, 0.717) is 29.3 Å². The molecule has 0 saturated heterocycles. The SMILES string of the molecule is NC1=NCc2ccc(-c3ccc(NS(=O)(=O)c4ccc(OC(F)(F)F)cc4)cc3Cl)nc21. The van der Waals surface area contributed by atoms with Crippen LogP contribution in [0.4, 0.5) is 18.9 Å². The van der Waals surface area contributed by atoms with Crippen LogP contribution >= 0.6 is 11.6 Å². The van der Waals surface area contributed by atoms with Crippen LogP contribution in [0.3, 0.4) is 0 Å². The van der Waals surface area contributed by atoms with Crippen LogP contribution < -0.4 is 15.2 Å². The Balaban J connectivity index is 1.55. The number of alkyl halides is 3. The Bertz CT molecular complexity index is 1330. The molecule has 1 aromatic heterocycles. The maximum Gasteiger partial charge on any atom is 0.573 e. The number of anilines is 1. The number of fused-ring (bicyclic) bond motifs is 1.